The number of anilines is 2. The number of aromatic nitrogens is 2. The first-order valence-corrected chi connectivity index (χ1v) is 8.57. The molecule has 0 aliphatic heterocycles. The molecule has 1 aromatic heterocycles. The Morgan fingerprint density at radius 1 is 1.18 bits per heavy atom. The van der Waals surface area contributed by atoms with Crippen molar-refractivity contribution in [3.05, 3.63) is 34.3 Å². The molecule has 0 radical (unpaired) electrons. The molecule has 2 aromatic rings. The summed E-state index contributed by atoms with van der Waals surface area (Å²) in [6, 6.07) is 6.66. The van der Waals surface area contributed by atoms with Crippen LogP contribution in [0.15, 0.2) is 24.3 Å². The summed E-state index contributed by atoms with van der Waals surface area (Å²) in [6.45, 7) is 0. The second-order valence-corrected chi connectivity index (χ2v) is 6.82. The first-order valence-electron chi connectivity index (χ1n) is 7.38. The van der Waals surface area contributed by atoms with E-state index in [0.717, 1.165) is 5.01 Å². The van der Waals surface area contributed by atoms with Gasteiger partial charge in [0.15, 0.2) is 0 Å². The normalized spacial score (nSPS) is 15.5. The van der Waals surface area contributed by atoms with Gasteiger partial charge in [-0.1, -0.05) is 48.3 Å². The summed E-state index contributed by atoms with van der Waals surface area (Å²) in [5.74, 6) is 0.498. The van der Waals surface area contributed by atoms with Gasteiger partial charge in [-0.15, -0.1) is 10.2 Å². The van der Waals surface area contributed by atoms with Gasteiger partial charge in [-0.2, -0.15) is 0 Å². The summed E-state index contributed by atoms with van der Waals surface area (Å²) in [4.78, 5) is 12.0. The fraction of sp³-hybridized carbons (Fsp3) is 0.400. The second kappa shape index (κ2) is 7.07. The number of nitrogens with zero attached hydrogens (tertiary/aromatic N) is 2. The molecule has 22 heavy (non-hydrogen) atoms. The van der Waals surface area contributed by atoms with Gasteiger partial charge in [0.05, 0.1) is 0 Å². The van der Waals surface area contributed by atoms with Gasteiger partial charge >= 0.3 is 6.03 Å². The fourth-order valence-electron chi connectivity index (χ4n) is 2.63. The minimum absolute atomic E-state index is 0.339. The number of benzene rings is 1. The Bertz CT molecular complexity index is 654. The number of halogens is 1. The quantitative estimate of drug-likeness (QED) is 0.839. The molecule has 5 nitrogen and oxygen atoms in total. The van der Waals surface area contributed by atoms with Gasteiger partial charge in [-0.05, 0) is 31.0 Å². The minimum Gasteiger partial charge on any atom is -0.308 e. The molecular formula is C15H17ClN4OS. The van der Waals surface area contributed by atoms with Crippen molar-refractivity contribution in [2.24, 2.45) is 0 Å². The molecule has 7 heteroatoms. The predicted molar refractivity (Wildman–Crippen MR) is 89.8 cm³/mol. The van der Waals surface area contributed by atoms with Crippen molar-refractivity contribution in [1.29, 1.82) is 0 Å². The number of nitrogens with one attached hydrogen (secondary N) is 2. The summed E-state index contributed by atoms with van der Waals surface area (Å²) in [6.07, 6.45) is 6.15. The van der Waals surface area contributed by atoms with Crippen molar-refractivity contribution in [3.8, 4) is 0 Å². The summed E-state index contributed by atoms with van der Waals surface area (Å²) in [5.41, 5.74) is 0.641. The third-order valence-corrected chi connectivity index (χ3v) is 4.93. The van der Waals surface area contributed by atoms with Gasteiger partial charge < -0.3 is 5.32 Å². The highest BCUT2D eigenvalue weighted by Crippen LogP contribution is 2.35. The molecule has 2 N–H and O–H groups in total. The number of urea groups is 1. The summed E-state index contributed by atoms with van der Waals surface area (Å²) >= 11 is 7.35. The number of amides is 2. The van der Waals surface area contributed by atoms with E-state index in [0.29, 0.717) is 21.8 Å². The van der Waals surface area contributed by atoms with Gasteiger partial charge in [-0.3, -0.25) is 5.32 Å². The number of rotatable bonds is 3. The maximum atomic E-state index is 12.0. The van der Waals surface area contributed by atoms with Crippen LogP contribution in [0.2, 0.25) is 5.02 Å². The maximum Gasteiger partial charge on any atom is 0.325 e. The fourth-order valence-corrected chi connectivity index (χ4v) is 3.72. The van der Waals surface area contributed by atoms with Crippen LogP contribution in [0.3, 0.4) is 0 Å². The molecule has 0 unspecified atom stereocenters. The maximum absolute atomic E-state index is 12.0. The highest BCUT2D eigenvalue weighted by atomic mass is 35.5. The van der Waals surface area contributed by atoms with Crippen LogP contribution in [0, 0.1) is 0 Å². The smallest absolute Gasteiger partial charge is 0.308 e. The average Bonchev–Trinajstić information content (AvgIpc) is 2.96. The molecule has 0 bridgehead atoms. The third kappa shape index (κ3) is 3.96. The van der Waals surface area contributed by atoms with E-state index < -0.39 is 0 Å². The monoisotopic (exact) mass is 336 g/mol. The van der Waals surface area contributed by atoms with E-state index in [1.807, 2.05) is 0 Å². The summed E-state index contributed by atoms with van der Waals surface area (Å²) in [7, 11) is 0. The zero-order valence-corrected chi connectivity index (χ0v) is 13.6. The second-order valence-electron chi connectivity index (χ2n) is 5.37. The Hall–Kier alpha value is -1.66. The van der Waals surface area contributed by atoms with Crippen molar-refractivity contribution < 1.29 is 4.79 Å². The molecule has 1 aromatic carbocycles. The lowest BCUT2D eigenvalue weighted by molar-refractivity contribution is 0.262. The average molecular weight is 337 g/mol. The van der Waals surface area contributed by atoms with Gasteiger partial charge in [0.1, 0.15) is 5.01 Å². The van der Waals surface area contributed by atoms with Crippen LogP contribution in [-0.4, -0.2) is 16.2 Å². The van der Waals surface area contributed by atoms with E-state index in [1.54, 1.807) is 24.3 Å². The topological polar surface area (TPSA) is 66.9 Å². The van der Waals surface area contributed by atoms with Crippen LogP contribution < -0.4 is 10.6 Å². The lowest BCUT2D eigenvalue weighted by Crippen LogP contribution is -2.19. The highest BCUT2D eigenvalue weighted by molar-refractivity contribution is 7.15. The molecule has 1 saturated carbocycles. The van der Waals surface area contributed by atoms with E-state index >= 15 is 0 Å². The standard InChI is InChI=1S/C15H17ClN4OS/c16-11-7-4-8-12(9-11)17-14(21)18-15-20-19-13(22-15)10-5-2-1-3-6-10/h4,7-10H,1-3,5-6H2,(H2,17,18,20,21). The molecule has 0 atom stereocenters. The van der Waals surface area contributed by atoms with E-state index in [9.17, 15) is 4.79 Å². The third-order valence-electron chi connectivity index (χ3n) is 3.70. The van der Waals surface area contributed by atoms with E-state index in [-0.39, 0.29) is 6.03 Å². The summed E-state index contributed by atoms with van der Waals surface area (Å²) < 4.78 is 0. The van der Waals surface area contributed by atoms with Crippen molar-refractivity contribution in [2.45, 2.75) is 38.0 Å². The molecule has 1 heterocycles. The van der Waals surface area contributed by atoms with Crippen LogP contribution in [0.5, 0.6) is 0 Å². The Kier molecular flexibility index (Phi) is 4.90. The molecular weight excluding hydrogens is 320 g/mol. The first-order chi connectivity index (χ1) is 10.7. The van der Waals surface area contributed by atoms with Crippen molar-refractivity contribution >= 4 is 39.8 Å². The molecule has 1 fully saturated rings. The van der Waals surface area contributed by atoms with Crippen LogP contribution in [0.4, 0.5) is 15.6 Å². The number of hydrogen-bond donors (Lipinski definition) is 2. The Morgan fingerprint density at radius 3 is 2.77 bits per heavy atom. The molecule has 0 saturated heterocycles. The van der Waals surface area contributed by atoms with E-state index in [1.165, 1.54) is 43.4 Å². The predicted octanol–water partition coefficient (Wildman–Crippen LogP) is 4.88. The molecule has 0 spiro atoms. The number of carbonyl (C=O) groups excluding carboxylic acids is 1. The first kappa shape index (κ1) is 15.2. The van der Waals surface area contributed by atoms with Crippen molar-refractivity contribution in [1.82, 2.24) is 10.2 Å². The largest absolute Gasteiger partial charge is 0.325 e. The Labute approximate surface area is 138 Å². The lowest BCUT2D eigenvalue weighted by Gasteiger charge is -2.18. The molecule has 116 valence electrons. The molecule has 1 aliphatic carbocycles. The van der Waals surface area contributed by atoms with Gasteiger partial charge in [0.2, 0.25) is 5.13 Å². The molecule has 1 aliphatic rings. The van der Waals surface area contributed by atoms with Gasteiger partial charge in [-0.25, -0.2) is 4.79 Å². The van der Waals surface area contributed by atoms with Crippen LogP contribution in [0.25, 0.3) is 0 Å². The van der Waals surface area contributed by atoms with E-state index in [2.05, 4.69) is 20.8 Å². The van der Waals surface area contributed by atoms with Gasteiger partial charge in [0.25, 0.3) is 0 Å². The zero-order chi connectivity index (χ0) is 15.4. The Balaban J connectivity index is 1.58. The van der Waals surface area contributed by atoms with Crippen LogP contribution in [-0.2, 0) is 0 Å². The number of hydrogen-bond acceptors (Lipinski definition) is 4. The minimum atomic E-state index is -0.339. The zero-order valence-electron chi connectivity index (χ0n) is 12.0. The van der Waals surface area contributed by atoms with Crippen molar-refractivity contribution in [3.63, 3.8) is 0 Å². The SMILES string of the molecule is O=C(Nc1cccc(Cl)c1)Nc1nnc(C2CCCCC2)s1. The molecule has 2 amide bonds. The van der Waals surface area contributed by atoms with E-state index in [4.69, 9.17) is 11.6 Å². The molecule has 3 rings (SSSR count). The highest BCUT2D eigenvalue weighted by Gasteiger charge is 2.20. The van der Waals surface area contributed by atoms with Crippen molar-refractivity contribution in [2.75, 3.05) is 10.6 Å². The number of carbonyl (C=O) groups is 1. The van der Waals surface area contributed by atoms with Crippen LogP contribution in [0.1, 0.15) is 43.0 Å². The lowest BCUT2D eigenvalue weighted by atomic mass is 9.90. The van der Waals surface area contributed by atoms with Crippen LogP contribution >= 0.6 is 22.9 Å². The Morgan fingerprint density at radius 2 is 2.00 bits per heavy atom. The van der Waals surface area contributed by atoms with Gasteiger partial charge in [0, 0.05) is 16.6 Å². The summed E-state index contributed by atoms with van der Waals surface area (Å²) in [5, 5.41) is 15.9.